The van der Waals surface area contributed by atoms with E-state index >= 15 is 0 Å². The van der Waals surface area contributed by atoms with Crippen molar-refractivity contribution >= 4 is 26.5 Å². The normalized spacial score (nSPS) is 13.9. The second kappa shape index (κ2) is 8.49. The van der Waals surface area contributed by atoms with Crippen LogP contribution in [0.1, 0.15) is 22.5 Å². The molecule has 3 aromatic carbocycles. The van der Waals surface area contributed by atoms with E-state index in [-0.39, 0.29) is 33.4 Å². The number of benzene rings is 3. The Morgan fingerprint density at radius 1 is 0.865 bits per heavy atom. The van der Waals surface area contributed by atoms with E-state index in [2.05, 4.69) is 9.38 Å². The number of aromatic amines is 1. The van der Waals surface area contributed by atoms with Gasteiger partial charge in [0.2, 0.25) is 5.56 Å². The number of fused-ring (bicyclic) bond motifs is 2. The number of rotatable bonds is 4. The summed E-state index contributed by atoms with van der Waals surface area (Å²) in [6, 6.07) is 21.0. The Kier molecular flexibility index (Phi) is 5.24. The maximum atomic E-state index is 13.4. The highest BCUT2D eigenvalue weighted by Crippen LogP contribution is 2.40. The third-order valence-electron chi connectivity index (χ3n) is 6.31. The predicted octanol–water partition coefficient (Wildman–Crippen LogP) is 4.57. The van der Waals surface area contributed by atoms with Gasteiger partial charge in [-0.25, -0.2) is 9.37 Å². The van der Waals surface area contributed by atoms with Crippen LogP contribution in [0.5, 0.6) is 5.75 Å². The lowest BCUT2D eigenvalue weighted by atomic mass is 9.97. The van der Waals surface area contributed by atoms with Crippen LogP contribution >= 0.6 is 0 Å². The van der Waals surface area contributed by atoms with Gasteiger partial charge in [0.1, 0.15) is 22.1 Å². The van der Waals surface area contributed by atoms with Gasteiger partial charge in [-0.1, -0.05) is 54.6 Å². The molecule has 0 aliphatic carbocycles. The van der Waals surface area contributed by atoms with E-state index in [0.717, 1.165) is 5.56 Å². The molecule has 2 N–H and O–H groups in total. The topological polar surface area (TPSA) is 112 Å². The molecule has 6 rings (SSSR count). The Morgan fingerprint density at radius 2 is 1.59 bits per heavy atom. The molecule has 1 aliphatic heterocycles. The number of nitrogens with one attached hydrogen (secondary N) is 1. The van der Waals surface area contributed by atoms with Gasteiger partial charge < -0.3 is 10.1 Å². The Bertz CT molecular complexity index is 1890. The maximum absolute atomic E-state index is 13.4. The summed E-state index contributed by atoms with van der Waals surface area (Å²) in [6.07, 6.45) is 1.77. The molecule has 1 aliphatic rings. The lowest BCUT2D eigenvalue weighted by Gasteiger charge is -2.13. The average molecular weight is 512 g/mol. The monoisotopic (exact) mass is 511 g/mol. The highest BCUT2D eigenvalue weighted by atomic mass is 32.2. The summed E-state index contributed by atoms with van der Waals surface area (Å²) in [6.45, 7) is 0. The van der Waals surface area contributed by atoms with Crippen molar-refractivity contribution < 1.29 is 17.9 Å². The molecule has 0 atom stereocenters. The van der Waals surface area contributed by atoms with Gasteiger partial charge in [0, 0.05) is 40.6 Å². The molecular formula is C28H18FN3O4S. The van der Waals surface area contributed by atoms with Gasteiger partial charge in [-0.2, -0.15) is 12.8 Å². The van der Waals surface area contributed by atoms with Crippen LogP contribution in [-0.4, -0.2) is 29.2 Å². The fourth-order valence-corrected chi connectivity index (χ4v) is 6.03. The number of pyridine rings is 2. The molecular weight excluding hydrogens is 493 g/mol. The SMILES string of the molecule is O=c1ccc(-c2cccc3c2S(=O)(=O)N=C3c2nc(Cc3ccc(F)cc3)c3ccccc3c2O)c[nH]1. The van der Waals surface area contributed by atoms with Crippen LogP contribution in [0.15, 0.2) is 99.1 Å². The van der Waals surface area contributed by atoms with Crippen molar-refractivity contribution in [3.8, 4) is 16.9 Å². The molecule has 182 valence electrons. The third-order valence-corrected chi connectivity index (χ3v) is 7.69. The Morgan fingerprint density at radius 3 is 2.32 bits per heavy atom. The number of nitrogens with zero attached hydrogens (tertiary/aromatic N) is 2. The Hall–Kier alpha value is -4.63. The van der Waals surface area contributed by atoms with Gasteiger partial charge in [0.15, 0.2) is 5.75 Å². The second-order valence-electron chi connectivity index (χ2n) is 8.64. The molecule has 0 bridgehead atoms. The van der Waals surface area contributed by atoms with Crippen molar-refractivity contribution in [2.75, 3.05) is 0 Å². The van der Waals surface area contributed by atoms with Crippen molar-refractivity contribution in [2.45, 2.75) is 11.3 Å². The first kappa shape index (κ1) is 22.8. The van der Waals surface area contributed by atoms with Gasteiger partial charge in [0.25, 0.3) is 10.0 Å². The van der Waals surface area contributed by atoms with Crippen molar-refractivity contribution in [3.63, 3.8) is 0 Å². The van der Waals surface area contributed by atoms with E-state index in [0.29, 0.717) is 39.6 Å². The molecule has 0 amide bonds. The number of aromatic hydroxyl groups is 1. The van der Waals surface area contributed by atoms with Gasteiger partial charge >= 0.3 is 0 Å². The second-order valence-corrected chi connectivity index (χ2v) is 10.2. The van der Waals surface area contributed by atoms with Crippen LogP contribution in [0.3, 0.4) is 0 Å². The quantitative estimate of drug-likeness (QED) is 0.367. The number of halogens is 1. The van der Waals surface area contributed by atoms with Crippen molar-refractivity contribution in [1.82, 2.24) is 9.97 Å². The lowest BCUT2D eigenvalue weighted by molar-refractivity contribution is 0.477. The number of hydrogen-bond donors (Lipinski definition) is 2. The zero-order chi connectivity index (χ0) is 25.7. The predicted molar refractivity (Wildman–Crippen MR) is 138 cm³/mol. The number of hydrogen-bond acceptors (Lipinski definition) is 5. The van der Waals surface area contributed by atoms with E-state index in [9.17, 15) is 22.7 Å². The van der Waals surface area contributed by atoms with E-state index in [1.165, 1.54) is 30.5 Å². The molecule has 7 nitrogen and oxygen atoms in total. The minimum Gasteiger partial charge on any atom is -0.505 e. The first-order valence-corrected chi connectivity index (χ1v) is 12.8. The highest BCUT2D eigenvalue weighted by Gasteiger charge is 2.35. The lowest BCUT2D eigenvalue weighted by Crippen LogP contribution is -2.08. The summed E-state index contributed by atoms with van der Waals surface area (Å²) < 4.78 is 44.0. The maximum Gasteiger partial charge on any atom is 0.284 e. The first-order chi connectivity index (χ1) is 17.8. The minimum atomic E-state index is -4.14. The van der Waals surface area contributed by atoms with Crippen LogP contribution in [0.4, 0.5) is 4.39 Å². The number of H-pyrrole nitrogens is 1. The molecule has 37 heavy (non-hydrogen) atoms. The van der Waals surface area contributed by atoms with E-state index < -0.39 is 10.0 Å². The largest absolute Gasteiger partial charge is 0.505 e. The molecule has 5 aromatic rings. The minimum absolute atomic E-state index is 0.0218. The fraction of sp³-hybridized carbons (Fsp3) is 0.0357. The third kappa shape index (κ3) is 3.89. The molecule has 0 unspecified atom stereocenters. The van der Waals surface area contributed by atoms with E-state index in [4.69, 9.17) is 4.98 Å². The molecule has 0 spiro atoms. The molecule has 0 saturated heterocycles. The van der Waals surface area contributed by atoms with E-state index in [1.54, 1.807) is 42.5 Å². The van der Waals surface area contributed by atoms with Crippen LogP contribution in [-0.2, 0) is 16.4 Å². The van der Waals surface area contributed by atoms with Crippen LogP contribution in [0, 0.1) is 5.82 Å². The highest BCUT2D eigenvalue weighted by molar-refractivity contribution is 7.91. The summed E-state index contributed by atoms with van der Waals surface area (Å²) in [4.78, 5) is 18.8. The molecule has 3 heterocycles. The van der Waals surface area contributed by atoms with Gasteiger partial charge in [-0.15, -0.1) is 0 Å². The molecule has 9 heteroatoms. The van der Waals surface area contributed by atoms with Gasteiger partial charge in [-0.05, 0) is 29.3 Å². The number of sulfonamides is 1. The smallest absolute Gasteiger partial charge is 0.284 e. The molecule has 0 saturated carbocycles. The summed E-state index contributed by atoms with van der Waals surface area (Å²) >= 11 is 0. The van der Waals surface area contributed by atoms with Crippen LogP contribution < -0.4 is 5.56 Å². The first-order valence-electron chi connectivity index (χ1n) is 11.3. The number of aromatic nitrogens is 2. The standard InChI is InChI=1S/C28H18FN3O4S/c29-18-11-8-16(9-12-18)14-23-20-4-1-2-5-21(20)27(34)26(31-23)25-22-7-3-6-19(28(22)37(35,36)32-25)17-10-13-24(33)30-15-17/h1-13,15,34H,14H2,(H,30,33). The van der Waals surface area contributed by atoms with Gasteiger partial charge in [-0.3, -0.25) is 4.79 Å². The molecule has 0 fully saturated rings. The van der Waals surface area contributed by atoms with Crippen LogP contribution in [0.2, 0.25) is 0 Å². The zero-order valence-corrected chi connectivity index (χ0v) is 20.0. The fourth-order valence-electron chi connectivity index (χ4n) is 4.61. The average Bonchev–Trinajstić information content (AvgIpc) is 3.18. The zero-order valence-electron chi connectivity index (χ0n) is 19.1. The van der Waals surface area contributed by atoms with Crippen molar-refractivity contribution in [2.24, 2.45) is 4.40 Å². The van der Waals surface area contributed by atoms with Crippen molar-refractivity contribution in [3.05, 3.63) is 124 Å². The van der Waals surface area contributed by atoms with Crippen LogP contribution in [0.25, 0.3) is 21.9 Å². The van der Waals surface area contributed by atoms with E-state index in [1.807, 2.05) is 12.1 Å². The van der Waals surface area contributed by atoms with Gasteiger partial charge in [0.05, 0.1) is 5.69 Å². The summed E-state index contributed by atoms with van der Waals surface area (Å²) in [5.74, 6) is -0.539. The summed E-state index contributed by atoms with van der Waals surface area (Å²) in [5.41, 5.74) is 2.33. The summed E-state index contributed by atoms with van der Waals surface area (Å²) in [7, 11) is -4.14. The summed E-state index contributed by atoms with van der Waals surface area (Å²) in [5, 5.41) is 12.4. The van der Waals surface area contributed by atoms with Crippen molar-refractivity contribution in [1.29, 1.82) is 0 Å². The Labute approximate surface area is 210 Å². The Balaban J connectivity index is 1.56. The molecule has 0 radical (unpaired) electrons. The molecule has 2 aromatic heterocycles.